The normalized spacial score (nSPS) is 15.2. The molecule has 1 fully saturated rings. The van der Waals surface area contributed by atoms with E-state index in [1.54, 1.807) is 49.4 Å². The van der Waals surface area contributed by atoms with Gasteiger partial charge in [0.05, 0.1) is 15.9 Å². The van der Waals surface area contributed by atoms with E-state index in [2.05, 4.69) is 5.32 Å². The van der Waals surface area contributed by atoms with Gasteiger partial charge in [0.15, 0.2) is 5.43 Å². The van der Waals surface area contributed by atoms with Crippen LogP contribution in [0.5, 0.6) is 0 Å². The van der Waals surface area contributed by atoms with Crippen molar-refractivity contribution >= 4 is 63.1 Å². The van der Waals surface area contributed by atoms with Crippen LogP contribution >= 0.6 is 23.4 Å². The van der Waals surface area contributed by atoms with E-state index in [0.717, 1.165) is 10.5 Å². The number of rotatable bonds is 4. The summed E-state index contributed by atoms with van der Waals surface area (Å²) in [6, 6.07) is 11.7. The van der Waals surface area contributed by atoms with Crippen LogP contribution in [0.3, 0.4) is 0 Å². The first-order valence-corrected chi connectivity index (χ1v) is 10.3. The summed E-state index contributed by atoms with van der Waals surface area (Å²) in [5.74, 6) is -1.19. The Kier molecular flexibility index (Phi) is 5.67. The van der Waals surface area contributed by atoms with Gasteiger partial charge in [-0.1, -0.05) is 29.8 Å². The Morgan fingerprint density at radius 2 is 1.97 bits per heavy atom. The topological polar surface area (TPSA) is 96.7 Å². The van der Waals surface area contributed by atoms with E-state index >= 15 is 0 Å². The lowest BCUT2D eigenvalue weighted by atomic mass is 10.1. The average Bonchev–Trinajstić information content (AvgIpc) is 3.00. The second-order valence-corrected chi connectivity index (χ2v) is 8.22. The number of carbonyl (C=O) groups is 3. The quantitative estimate of drug-likeness (QED) is 0.586. The van der Waals surface area contributed by atoms with Crippen LogP contribution in [0.2, 0.25) is 5.02 Å². The number of carbonyl (C=O) groups excluding carboxylic acids is 3. The van der Waals surface area contributed by atoms with Gasteiger partial charge in [-0.3, -0.25) is 24.1 Å². The number of benzene rings is 2. The number of amides is 3. The second kappa shape index (κ2) is 8.41. The van der Waals surface area contributed by atoms with E-state index in [1.807, 2.05) is 0 Å². The number of halogens is 1. The van der Waals surface area contributed by atoms with Gasteiger partial charge in [0.1, 0.15) is 18.4 Å². The molecule has 1 aromatic heterocycles. The van der Waals surface area contributed by atoms with E-state index in [-0.39, 0.29) is 15.9 Å². The molecule has 1 N–H and O–H groups in total. The van der Waals surface area contributed by atoms with Gasteiger partial charge in [0.25, 0.3) is 11.1 Å². The Morgan fingerprint density at radius 3 is 2.77 bits per heavy atom. The molecule has 0 radical (unpaired) electrons. The lowest BCUT2D eigenvalue weighted by Gasteiger charge is -2.13. The molecule has 0 saturated carbocycles. The zero-order valence-corrected chi connectivity index (χ0v) is 17.8. The van der Waals surface area contributed by atoms with E-state index < -0.39 is 23.6 Å². The number of nitrogens with zero attached hydrogens (tertiary/aromatic N) is 1. The number of thioether (sulfide) groups is 1. The van der Waals surface area contributed by atoms with E-state index in [1.165, 1.54) is 12.3 Å². The maximum atomic E-state index is 12.7. The van der Waals surface area contributed by atoms with Crippen LogP contribution in [-0.4, -0.2) is 28.5 Å². The highest BCUT2D eigenvalue weighted by molar-refractivity contribution is 8.18. The summed E-state index contributed by atoms with van der Waals surface area (Å²) in [6.07, 6.45) is 2.55. The molecular weight excluding hydrogens is 440 g/mol. The third-order valence-corrected chi connectivity index (χ3v) is 5.78. The molecule has 1 aliphatic rings. The molecule has 2 aromatic carbocycles. The van der Waals surface area contributed by atoms with Gasteiger partial charge in [-0.2, -0.15) is 0 Å². The first kappa shape index (κ1) is 20.9. The van der Waals surface area contributed by atoms with Gasteiger partial charge in [0, 0.05) is 10.7 Å². The molecule has 0 atom stereocenters. The highest BCUT2D eigenvalue weighted by Gasteiger charge is 2.36. The highest BCUT2D eigenvalue weighted by atomic mass is 35.5. The van der Waals surface area contributed by atoms with Crippen LogP contribution in [0.1, 0.15) is 11.1 Å². The number of hydrogen-bond acceptors (Lipinski definition) is 6. The molecule has 3 aromatic rings. The first-order valence-electron chi connectivity index (χ1n) is 9.15. The molecular formula is C22H15ClN2O5S. The molecule has 1 saturated heterocycles. The third-order valence-electron chi connectivity index (χ3n) is 4.64. The van der Waals surface area contributed by atoms with Gasteiger partial charge < -0.3 is 9.73 Å². The van der Waals surface area contributed by atoms with Crippen molar-refractivity contribution in [2.45, 2.75) is 6.92 Å². The molecule has 0 spiro atoms. The van der Waals surface area contributed by atoms with Crippen molar-refractivity contribution in [3.63, 3.8) is 0 Å². The van der Waals surface area contributed by atoms with Gasteiger partial charge in [0.2, 0.25) is 5.91 Å². The Bertz CT molecular complexity index is 1330. The van der Waals surface area contributed by atoms with E-state index in [9.17, 15) is 19.2 Å². The molecule has 0 unspecified atom stereocenters. The van der Waals surface area contributed by atoms with Crippen molar-refractivity contribution in [3.8, 4) is 0 Å². The standard InChI is InChI=1S/C22H15ClN2O5S/c1-12-6-7-14(23)9-16(12)24-19(26)10-25-21(28)18(31-22(25)29)8-13-11-30-17-5-3-2-4-15(17)20(13)27/h2-9,11H,10H2,1H3,(H,24,26)/b18-8-. The molecule has 0 bridgehead atoms. The van der Waals surface area contributed by atoms with Crippen molar-refractivity contribution in [1.29, 1.82) is 0 Å². The molecule has 156 valence electrons. The minimum absolute atomic E-state index is 0.0410. The minimum atomic E-state index is -0.652. The van der Waals surface area contributed by atoms with Crippen molar-refractivity contribution < 1.29 is 18.8 Å². The number of aryl methyl sites for hydroxylation is 1. The maximum Gasteiger partial charge on any atom is 0.294 e. The maximum absolute atomic E-state index is 12.7. The molecule has 0 aliphatic carbocycles. The van der Waals surface area contributed by atoms with Crippen LogP contribution in [0.15, 0.2) is 62.8 Å². The summed E-state index contributed by atoms with van der Waals surface area (Å²) in [5, 5.41) is 2.87. The van der Waals surface area contributed by atoms with E-state index in [0.29, 0.717) is 33.4 Å². The molecule has 4 rings (SSSR count). The number of para-hydroxylation sites is 1. The Balaban J connectivity index is 1.54. The van der Waals surface area contributed by atoms with E-state index in [4.69, 9.17) is 16.0 Å². The average molecular weight is 455 g/mol. The monoisotopic (exact) mass is 454 g/mol. The van der Waals surface area contributed by atoms with Crippen LogP contribution in [0, 0.1) is 6.92 Å². The smallest absolute Gasteiger partial charge is 0.294 e. The number of hydrogen-bond donors (Lipinski definition) is 1. The molecule has 1 aliphatic heterocycles. The fourth-order valence-corrected chi connectivity index (χ4v) is 4.03. The SMILES string of the molecule is Cc1ccc(Cl)cc1NC(=O)CN1C(=O)S/C(=C\c2coc3ccccc3c2=O)C1=O. The van der Waals surface area contributed by atoms with Crippen molar-refractivity contribution in [3.05, 3.63) is 80.0 Å². The number of nitrogens with one attached hydrogen (secondary N) is 1. The van der Waals surface area contributed by atoms with Crippen molar-refractivity contribution in [2.24, 2.45) is 0 Å². The first-order chi connectivity index (χ1) is 14.8. The van der Waals surface area contributed by atoms with Crippen molar-refractivity contribution in [1.82, 2.24) is 4.90 Å². The summed E-state index contributed by atoms with van der Waals surface area (Å²) in [4.78, 5) is 50.9. The van der Waals surface area contributed by atoms with Crippen LogP contribution < -0.4 is 10.7 Å². The number of anilines is 1. The fourth-order valence-electron chi connectivity index (χ4n) is 3.03. The molecule has 31 heavy (non-hydrogen) atoms. The van der Waals surface area contributed by atoms with Crippen LogP contribution in [0.25, 0.3) is 17.0 Å². The summed E-state index contributed by atoms with van der Waals surface area (Å²) in [5.41, 5.74) is 1.53. The summed E-state index contributed by atoms with van der Waals surface area (Å²) < 4.78 is 5.44. The Labute approximate surface area is 185 Å². The number of imide groups is 1. The van der Waals surface area contributed by atoms with Gasteiger partial charge >= 0.3 is 0 Å². The summed E-state index contributed by atoms with van der Waals surface area (Å²) in [7, 11) is 0. The summed E-state index contributed by atoms with van der Waals surface area (Å²) in [6.45, 7) is 1.34. The van der Waals surface area contributed by atoms with Crippen molar-refractivity contribution in [2.75, 3.05) is 11.9 Å². The molecule has 9 heteroatoms. The predicted octanol–water partition coefficient (Wildman–Crippen LogP) is 4.43. The zero-order valence-electron chi connectivity index (χ0n) is 16.2. The molecule has 7 nitrogen and oxygen atoms in total. The second-order valence-electron chi connectivity index (χ2n) is 6.79. The minimum Gasteiger partial charge on any atom is -0.463 e. The van der Waals surface area contributed by atoms with Crippen LogP contribution in [0.4, 0.5) is 10.5 Å². The van der Waals surface area contributed by atoms with Gasteiger partial charge in [-0.05, 0) is 54.6 Å². The van der Waals surface area contributed by atoms with Gasteiger partial charge in [-0.25, -0.2) is 0 Å². The Morgan fingerprint density at radius 1 is 1.19 bits per heavy atom. The molecule has 2 heterocycles. The third kappa shape index (κ3) is 4.26. The fraction of sp³-hybridized carbons (Fsp3) is 0.0909. The zero-order chi connectivity index (χ0) is 22.1. The Hall–Kier alpha value is -3.36. The lowest BCUT2D eigenvalue weighted by molar-refractivity contribution is -0.127. The predicted molar refractivity (Wildman–Crippen MR) is 120 cm³/mol. The van der Waals surface area contributed by atoms with Crippen LogP contribution in [-0.2, 0) is 9.59 Å². The lowest BCUT2D eigenvalue weighted by Crippen LogP contribution is -2.36. The largest absolute Gasteiger partial charge is 0.463 e. The highest BCUT2D eigenvalue weighted by Crippen LogP contribution is 2.32. The number of fused-ring (bicyclic) bond motifs is 1. The molecule has 3 amide bonds. The summed E-state index contributed by atoms with van der Waals surface area (Å²) >= 11 is 6.61. The van der Waals surface area contributed by atoms with Gasteiger partial charge in [-0.15, -0.1) is 0 Å².